The van der Waals surface area contributed by atoms with Gasteiger partial charge in [-0.2, -0.15) is 0 Å². The minimum atomic E-state index is -5.79. The molecule has 1 heterocycles. The number of aliphatic hydroxyl groups excluding tert-OH is 6. The number of ketones is 1. The normalized spacial score (nSPS) is 30.2. The van der Waals surface area contributed by atoms with Crippen LogP contribution in [0.15, 0.2) is 85.1 Å². The number of hydrogen-bond acceptors (Lipinski definition) is 16. The summed E-state index contributed by atoms with van der Waals surface area (Å²) >= 11 is 0. The first-order valence-corrected chi connectivity index (χ1v) is 28.3. The molecule has 19 nitrogen and oxygen atoms in total. The third-order valence-corrected chi connectivity index (χ3v) is 13.3. The van der Waals surface area contributed by atoms with Crippen molar-refractivity contribution in [3.8, 4) is 0 Å². The number of ether oxygens (including phenoxy) is 2. The van der Waals surface area contributed by atoms with Crippen LogP contribution in [-0.4, -0.2) is 131 Å². The molecule has 2 bridgehead atoms. The average molecular weight is 1060 g/mol. The van der Waals surface area contributed by atoms with Crippen molar-refractivity contribution in [1.82, 2.24) is 0 Å². The minimum absolute atomic E-state index is 0.0766. The number of hydrogen-bond donors (Lipinski definition) is 9. The zero-order valence-corrected chi connectivity index (χ0v) is 43.6. The number of phosphoric acid groups is 2. The van der Waals surface area contributed by atoms with E-state index in [9.17, 15) is 68.8 Å². The summed E-state index contributed by atoms with van der Waals surface area (Å²) in [5.41, 5.74) is 0. The van der Waals surface area contributed by atoms with Gasteiger partial charge in [-0.15, -0.1) is 0 Å². The Kier molecular flexibility index (Phi) is 33.0. The van der Waals surface area contributed by atoms with Crippen molar-refractivity contribution < 1.29 is 91.9 Å². The van der Waals surface area contributed by atoms with E-state index < -0.39 is 120 Å². The lowest BCUT2D eigenvalue weighted by Gasteiger charge is -2.38. The molecular formula is C51H82O19P2. The second-order valence-electron chi connectivity index (χ2n) is 18.0. The van der Waals surface area contributed by atoms with E-state index in [-0.39, 0.29) is 38.5 Å². The predicted octanol–water partition coefficient (Wildman–Crippen LogP) is 6.76. The van der Waals surface area contributed by atoms with Crippen LogP contribution in [0.4, 0.5) is 0 Å². The van der Waals surface area contributed by atoms with Crippen LogP contribution >= 0.6 is 15.6 Å². The Morgan fingerprint density at radius 2 is 1.42 bits per heavy atom. The van der Waals surface area contributed by atoms with Gasteiger partial charge in [0, 0.05) is 31.1 Å². The van der Waals surface area contributed by atoms with Crippen LogP contribution in [0.1, 0.15) is 136 Å². The molecule has 72 heavy (non-hydrogen) atoms. The first-order valence-electron chi connectivity index (χ1n) is 25.2. The van der Waals surface area contributed by atoms with Crippen molar-refractivity contribution in [2.24, 2.45) is 11.8 Å². The van der Waals surface area contributed by atoms with Crippen LogP contribution in [0.5, 0.6) is 0 Å². The molecule has 1 fully saturated rings. The van der Waals surface area contributed by atoms with E-state index in [2.05, 4.69) is 43.4 Å². The molecule has 12 atom stereocenters. The van der Waals surface area contributed by atoms with Crippen LogP contribution in [0.2, 0.25) is 0 Å². The fraction of sp³-hybridized carbons (Fsp3) is 0.667. The van der Waals surface area contributed by atoms with Gasteiger partial charge in [0.05, 0.1) is 31.0 Å². The van der Waals surface area contributed by atoms with Crippen LogP contribution in [-0.2, 0) is 46.6 Å². The lowest BCUT2D eigenvalue weighted by molar-refractivity contribution is -0.164. The van der Waals surface area contributed by atoms with E-state index in [0.29, 0.717) is 19.3 Å². The van der Waals surface area contributed by atoms with E-state index in [4.69, 9.17) is 23.0 Å². The topological polar surface area (TPSA) is 314 Å². The fourth-order valence-electron chi connectivity index (χ4n) is 7.76. The quantitative estimate of drug-likeness (QED) is 0.0197. The standard InChI is InChI=1S/C51H82O19P2/c1-3-5-7-8-9-10-11-12-13-14-15-16-17-18-19-20-21-22-27-31-44(55)66-36-39-37-67-72(64,65)70-51-49(60)48(59)46(57)40(30-26-23-24-28-32-45(56)68-39)42(53)35-43(54)41(34-33-38(52)29-25-6-4-2)47(58)50(51)69-71(61,62)63/h9-10,12-13,15-16,18-19,21-23,26,33-34,38-41,43,46-52,54,57-60H,3-8,11,14,17,20,24-25,27-32,35-37H2,1-2H3,(H,64,65)(H2,61,62,63)/b10-9-,13-12-,16-15-,19-18-,22-21-,26-23-,34-33+/t38-,39+,40-,41-,43+,46+,47+,48-,49+,50+,51-/m0/s1. The van der Waals surface area contributed by atoms with Crippen molar-refractivity contribution in [2.45, 2.75) is 191 Å². The van der Waals surface area contributed by atoms with Crippen molar-refractivity contribution in [3.05, 3.63) is 85.1 Å². The number of cyclic esters (lactones) is 1. The molecule has 1 saturated carbocycles. The molecule has 0 amide bonds. The van der Waals surface area contributed by atoms with Crippen LogP contribution in [0.25, 0.3) is 0 Å². The zero-order chi connectivity index (χ0) is 53.4. The number of allylic oxidation sites excluding steroid dienone is 12. The number of esters is 2. The maximum atomic E-state index is 13.7. The minimum Gasteiger partial charge on any atom is -0.462 e. The number of carbonyl (C=O) groups is 3. The number of aliphatic hydroxyl groups is 6. The van der Waals surface area contributed by atoms with Gasteiger partial charge in [-0.05, 0) is 70.6 Å². The van der Waals surface area contributed by atoms with E-state index in [1.165, 1.54) is 25.3 Å². The van der Waals surface area contributed by atoms with E-state index in [1.54, 1.807) is 12.2 Å². The smallest absolute Gasteiger partial charge is 0.462 e. The maximum Gasteiger partial charge on any atom is 0.472 e. The molecule has 2 rings (SSSR count). The summed E-state index contributed by atoms with van der Waals surface area (Å²) in [5, 5.41) is 68.1. The fourth-order valence-corrected chi connectivity index (χ4v) is 9.29. The monoisotopic (exact) mass is 1060 g/mol. The van der Waals surface area contributed by atoms with Gasteiger partial charge in [0.15, 0.2) is 6.10 Å². The average Bonchev–Trinajstić information content (AvgIpc) is 3.32. The number of Topliss-reactive ketones (excluding diaryl/α,β-unsaturated/α-hetero) is 1. The SMILES string of the molecule is CCCCC/C=C\C/C=C\C/C=C\C/C=C\C/C=C\CCC(=O)OC[C@@H]1COP(=O)(O)O[C@H]2[C@H](O)[C@@H](O)[C@H](O)[C@@H](C/C=C\CCCC(=O)O1)C(=O)C[C@@H](O)[C@H](/C=C/[C@@H](O)CCCCC)[C@@H](O)[C@H]2OP(=O)(O)O. The number of phosphoric ester groups is 2. The largest absolute Gasteiger partial charge is 0.472 e. The van der Waals surface area contributed by atoms with Crippen LogP contribution < -0.4 is 0 Å². The molecule has 0 aromatic heterocycles. The third kappa shape index (κ3) is 27.9. The Hall–Kier alpha value is -3.23. The van der Waals surface area contributed by atoms with Gasteiger partial charge in [0.1, 0.15) is 36.8 Å². The van der Waals surface area contributed by atoms with Crippen molar-refractivity contribution in [3.63, 3.8) is 0 Å². The Morgan fingerprint density at radius 1 is 0.819 bits per heavy atom. The highest BCUT2D eigenvalue weighted by Crippen LogP contribution is 2.49. The molecule has 0 aromatic carbocycles. The van der Waals surface area contributed by atoms with Crippen molar-refractivity contribution in [2.75, 3.05) is 13.2 Å². The molecule has 21 heteroatoms. The number of rotatable bonds is 25. The molecule has 410 valence electrons. The van der Waals surface area contributed by atoms with Crippen LogP contribution in [0, 0.1) is 11.8 Å². The molecule has 1 aliphatic heterocycles. The summed E-state index contributed by atoms with van der Waals surface area (Å²) in [6, 6.07) is 0. The molecule has 0 saturated heterocycles. The molecule has 1 unspecified atom stereocenters. The molecule has 2 aliphatic rings. The Morgan fingerprint density at radius 3 is 2.03 bits per heavy atom. The number of carbonyl (C=O) groups excluding carboxylic acids is 3. The first-order chi connectivity index (χ1) is 34.3. The van der Waals surface area contributed by atoms with Gasteiger partial charge in [0.2, 0.25) is 0 Å². The van der Waals surface area contributed by atoms with Gasteiger partial charge in [-0.1, -0.05) is 131 Å². The van der Waals surface area contributed by atoms with Gasteiger partial charge in [-0.25, -0.2) is 9.13 Å². The number of fused-ring (bicyclic) bond motifs is 4. The van der Waals surface area contributed by atoms with Crippen molar-refractivity contribution in [1.29, 1.82) is 0 Å². The Balaban J connectivity index is 2.26. The molecule has 0 aromatic rings. The van der Waals surface area contributed by atoms with E-state index >= 15 is 0 Å². The Bertz CT molecular complexity index is 1870. The highest BCUT2D eigenvalue weighted by atomic mass is 31.2. The summed E-state index contributed by atoms with van der Waals surface area (Å²) in [4.78, 5) is 70.4. The molecule has 0 radical (unpaired) electrons. The Labute approximate surface area is 424 Å². The third-order valence-electron chi connectivity index (χ3n) is 11.8. The van der Waals surface area contributed by atoms with Crippen molar-refractivity contribution >= 4 is 33.4 Å². The summed E-state index contributed by atoms with van der Waals surface area (Å²) in [6.07, 6.45) is 15.7. The second kappa shape index (κ2) is 36.7. The molecule has 1 aliphatic carbocycles. The van der Waals surface area contributed by atoms with Gasteiger partial charge in [0.25, 0.3) is 0 Å². The summed E-state index contributed by atoms with van der Waals surface area (Å²) < 4.78 is 52.0. The predicted molar refractivity (Wildman–Crippen MR) is 269 cm³/mol. The highest BCUT2D eigenvalue weighted by Gasteiger charge is 2.51. The summed E-state index contributed by atoms with van der Waals surface area (Å²) in [5.74, 6) is -5.78. The number of unbranched alkanes of at least 4 members (excludes halogenated alkanes) is 5. The zero-order valence-electron chi connectivity index (χ0n) is 41.8. The molecular weight excluding hydrogens is 978 g/mol. The maximum absolute atomic E-state index is 13.7. The van der Waals surface area contributed by atoms with Gasteiger partial charge >= 0.3 is 27.6 Å². The molecule has 0 spiro atoms. The first kappa shape index (κ1) is 64.9. The second-order valence-corrected chi connectivity index (χ2v) is 20.6. The van der Waals surface area contributed by atoms with E-state index in [0.717, 1.165) is 50.7 Å². The van der Waals surface area contributed by atoms with E-state index in [1.807, 2.05) is 25.2 Å². The lowest BCUT2D eigenvalue weighted by Crippen LogP contribution is -2.56. The summed E-state index contributed by atoms with van der Waals surface area (Å²) in [7, 11) is -11.5. The summed E-state index contributed by atoms with van der Waals surface area (Å²) in [6.45, 7) is 2.45. The van der Waals surface area contributed by atoms with Gasteiger partial charge in [-0.3, -0.25) is 28.0 Å². The van der Waals surface area contributed by atoms with Crippen LogP contribution in [0.3, 0.4) is 0 Å². The highest BCUT2D eigenvalue weighted by molar-refractivity contribution is 7.47. The lowest BCUT2D eigenvalue weighted by atomic mass is 9.84. The van der Waals surface area contributed by atoms with Gasteiger partial charge < -0.3 is 54.8 Å². The molecule has 9 N–H and O–H groups in total.